The van der Waals surface area contributed by atoms with Gasteiger partial charge < -0.3 is 89.1 Å². The zero-order chi connectivity index (χ0) is 71.8. The second-order valence-corrected chi connectivity index (χ2v) is 29.1. The first-order chi connectivity index (χ1) is 47.3. The van der Waals surface area contributed by atoms with Crippen LogP contribution in [0.3, 0.4) is 0 Å². The summed E-state index contributed by atoms with van der Waals surface area (Å²) in [6, 6.07) is 0. The molecule has 3 rings (SSSR count). The van der Waals surface area contributed by atoms with Crippen LogP contribution in [0.5, 0.6) is 0 Å². The Balaban J connectivity index is 1.73. The van der Waals surface area contributed by atoms with E-state index in [1.165, 1.54) is 128 Å². The lowest BCUT2D eigenvalue weighted by Gasteiger charge is -2.49. The van der Waals surface area contributed by atoms with Gasteiger partial charge in [-0.3, -0.25) is 23.4 Å². The standard InChI is InChI=1S/C73H135O24P/c1-4-7-10-13-16-19-22-24-26-27-29-31-34-37-40-43-46-49-59(77)92-54(51-89-57(75)47-44-41-38-36-33-30-28-25-23-20-17-14-11-8-5-2)52-91-98(87,88)97-71-69(95-72-67(85)62(80)60(78)55(50-74)93-72)65(83)64(82)66(84)70(71)96-73-68(86)63(81)61(79)56(94-73)53-90-58(76)48-45-42-39-35-32-21-18-15-12-9-6-3/h20,23,54-56,60-74,78-86H,4-19,21-22,24-53H2,1-3H3,(H,87,88)/b23-20-. The minimum Gasteiger partial charge on any atom is -0.463 e. The molecule has 98 heavy (non-hydrogen) atoms. The minimum absolute atomic E-state index is 0.0316. The number of allylic oxidation sites excluding steroid dienone is 2. The molecule has 0 amide bonds. The maximum atomic E-state index is 14.3. The Morgan fingerprint density at radius 1 is 0.388 bits per heavy atom. The van der Waals surface area contributed by atoms with Gasteiger partial charge in [-0.25, -0.2) is 4.57 Å². The molecule has 18 atom stereocenters. The molecule has 1 saturated carbocycles. The fourth-order valence-corrected chi connectivity index (χ4v) is 13.7. The molecule has 0 aromatic carbocycles. The van der Waals surface area contributed by atoms with Crippen molar-refractivity contribution in [2.45, 2.75) is 407 Å². The van der Waals surface area contributed by atoms with E-state index in [4.69, 9.17) is 42.2 Å². The summed E-state index contributed by atoms with van der Waals surface area (Å²) in [5, 5.41) is 110. The van der Waals surface area contributed by atoms with Gasteiger partial charge in [-0.05, 0) is 44.9 Å². The second-order valence-electron chi connectivity index (χ2n) is 27.7. The lowest BCUT2D eigenvalue weighted by atomic mass is 9.84. The van der Waals surface area contributed by atoms with Crippen molar-refractivity contribution in [2.24, 2.45) is 0 Å². The van der Waals surface area contributed by atoms with Gasteiger partial charge in [0.15, 0.2) is 18.7 Å². The molecule has 24 nitrogen and oxygen atoms in total. The molecule has 25 heteroatoms. The third-order valence-electron chi connectivity index (χ3n) is 19.0. The highest BCUT2D eigenvalue weighted by molar-refractivity contribution is 7.47. The van der Waals surface area contributed by atoms with Crippen molar-refractivity contribution in [3.8, 4) is 0 Å². The molecule has 2 heterocycles. The number of unbranched alkanes of at least 4 members (excludes halogenated alkanes) is 37. The van der Waals surface area contributed by atoms with E-state index >= 15 is 0 Å². The third-order valence-corrected chi connectivity index (χ3v) is 20.0. The van der Waals surface area contributed by atoms with Crippen molar-refractivity contribution in [1.29, 1.82) is 0 Å². The molecule has 0 aromatic heterocycles. The number of aliphatic hydroxyl groups is 10. The molecule has 2 saturated heterocycles. The molecule has 0 bridgehead atoms. The topological polar surface area (TPSA) is 374 Å². The number of aliphatic hydroxyl groups excluding tert-OH is 10. The second kappa shape index (κ2) is 55.2. The van der Waals surface area contributed by atoms with Crippen LogP contribution in [0.15, 0.2) is 12.2 Å². The van der Waals surface area contributed by atoms with Gasteiger partial charge in [0.1, 0.15) is 98.7 Å². The first-order valence-electron chi connectivity index (χ1n) is 38.5. The summed E-state index contributed by atoms with van der Waals surface area (Å²) >= 11 is 0. The third kappa shape index (κ3) is 37.9. The first kappa shape index (κ1) is 89.9. The average Bonchev–Trinajstić information content (AvgIpc) is 0.766. The van der Waals surface area contributed by atoms with Crippen molar-refractivity contribution < 1.29 is 117 Å². The van der Waals surface area contributed by atoms with E-state index in [2.05, 4.69) is 32.9 Å². The molecule has 0 radical (unpaired) electrons. The minimum atomic E-state index is -5.69. The van der Waals surface area contributed by atoms with Crippen LogP contribution in [0.25, 0.3) is 0 Å². The van der Waals surface area contributed by atoms with Gasteiger partial charge in [0.2, 0.25) is 0 Å². The van der Waals surface area contributed by atoms with Gasteiger partial charge in [0.25, 0.3) is 0 Å². The van der Waals surface area contributed by atoms with Crippen molar-refractivity contribution in [1.82, 2.24) is 0 Å². The fourth-order valence-electron chi connectivity index (χ4n) is 12.8. The molecule has 0 spiro atoms. The SMILES string of the molecule is CCCCCC/C=C\CCCCCCCCCC(=O)OCC(COP(=O)(O)OC1C(OC2OC(CO)C(O)C(O)C2O)C(O)C(O)C(O)C1OC1OC(COC(=O)CCCCCCCCCCCCC)C(O)C(O)C1O)OC(=O)CCCCCCCCCCCCCCCCCCC. The molecule has 0 aromatic rings. The first-order valence-corrected chi connectivity index (χ1v) is 40.0. The van der Waals surface area contributed by atoms with Crippen LogP contribution in [0.2, 0.25) is 0 Å². The highest BCUT2D eigenvalue weighted by Gasteiger charge is 2.58. The van der Waals surface area contributed by atoms with Crippen LogP contribution < -0.4 is 0 Å². The van der Waals surface area contributed by atoms with E-state index in [1.807, 2.05) is 0 Å². The number of ether oxygens (including phenoxy) is 7. The molecule has 11 N–H and O–H groups in total. The van der Waals surface area contributed by atoms with Gasteiger partial charge in [0.05, 0.1) is 13.2 Å². The average molecular weight is 1430 g/mol. The van der Waals surface area contributed by atoms with Crippen molar-refractivity contribution in [2.75, 3.05) is 26.4 Å². The van der Waals surface area contributed by atoms with Gasteiger partial charge in [-0.15, -0.1) is 0 Å². The quantitative estimate of drug-likeness (QED) is 0.00886. The van der Waals surface area contributed by atoms with E-state index in [1.54, 1.807) is 0 Å². The molecular formula is C73H135O24P. The number of hydrogen-bond donors (Lipinski definition) is 11. The molecular weight excluding hydrogens is 1290 g/mol. The zero-order valence-electron chi connectivity index (χ0n) is 60.1. The molecule has 576 valence electrons. The van der Waals surface area contributed by atoms with Crippen LogP contribution in [0, 0.1) is 0 Å². The van der Waals surface area contributed by atoms with Crippen LogP contribution in [-0.4, -0.2) is 204 Å². The van der Waals surface area contributed by atoms with Gasteiger partial charge in [-0.1, -0.05) is 251 Å². The number of esters is 3. The number of carbonyl (C=O) groups is 3. The summed E-state index contributed by atoms with van der Waals surface area (Å²) in [5.74, 6) is -1.98. The lowest BCUT2D eigenvalue weighted by Crippen LogP contribution is -2.69. The summed E-state index contributed by atoms with van der Waals surface area (Å²) in [5.41, 5.74) is 0. The van der Waals surface area contributed by atoms with Crippen molar-refractivity contribution in [3.63, 3.8) is 0 Å². The summed E-state index contributed by atoms with van der Waals surface area (Å²) in [6.45, 7) is 3.44. The van der Waals surface area contributed by atoms with Gasteiger partial charge in [0, 0.05) is 19.3 Å². The Morgan fingerprint density at radius 3 is 1.11 bits per heavy atom. The van der Waals surface area contributed by atoms with Crippen molar-refractivity contribution >= 4 is 25.7 Å². The summed E-state index contributed by atoms with van der Waals surface area (Å²) in [6.07, 6.45) is 14.2. The lowest BCUT2D eigenvalue weighted by molar-refractivity contribution is -0.360. The molecule has 18 unspecified atom stereocenters. The number of phosphoric acid groups is 1. The van der Waals surface area contributed by atoms with Gasteiger partial charge >= 0.3 is 25.7 Å². The molecule has 3 aliphatic rings. The fraction of sp³-hybridized carbons (Fsp3) is 0.932. The monoisotopic (exact) mass is 1430 g/mol. The summed E-state index contributed by atoms with van der Waals surface area (Å²) in [4.78, 5) is 51.0. The van der Waals surface area contributed by atoms with Crippen LogP contribution in [-0.2, 0) is 61.2 Å². The molecule has 2 aliphatic heterocycles. The Hall–Kier alpha value is -2.30. The van der Waals surface area contributed by atoms with Crippen LogP contribution >= 0.6 is 7.82 Å². The van der Waals surface area contributed by atoms with Gasteiger partial charge in [-0.2, -0.15) is 0 Å². The number of rotatable bonds is 60. The highest BCUT2D eigenvalue weighted by atomic mass is 31.2. The number of phosphoric ester groups is 1. The maximum absolute atomic E-state index is 14.3. The van der Waals surface area contributed by atoms with Crippen LogP contribution in [0.1, 0.15) is 303 Å². The summed E-state index contributed by atoms with van der Waals surface area (Å²) < 4.78 is 65.0. The van der Waals surface area contributed by atoms with Crippen molar-refractivity contribution in [3.05, 3.63) is 12.2 Å². The summed E-state index contributed by atoms with van der Waals surface area (Å²) in [7, 11) is -5.69. The normalized spacial score (nSPS) is 27.7. The highest BCUT2D eigenvalue weighted by Crippen LogP contribution is 2.49. The Bertz CT molecular complexity index is 2080. The van der Waals surface area contributed by atoms with E-state index in [0.29, 0.717) is 19.3 Å². The van der Waals surface area contributed by atoms with E-state index in [-0.39, 0.29) is 19.3 Å². The zero-order valence-corrected chi connectivity index (χ0v) is 61.0. The Labute approximate surface area is 586 Å². The Kier molecular flexibility index (Phi) is 50.7. The van der Waals surface area contributed by atoms with E-state index in [9.17, 15) is 74.9 Å². The number of hydrogen-bond acceptors (Lipinski definition) is 23. The molecule has 3 fully saturated rings. The maximum Gasteiger partial charge on any atom is 0.472 e. The number of carbonyl (C=O) groups excluding carboxylic acids is 3. The Morgan fingerprint density at radius 2 is 0.714 bits per heavy atom. The predicted octanol–water partition coefficient (Wildman–Crippen LogP) is 10.7. The largest absolute Gasteiger partial charge is 0.472 e. The van der Waals surface area contributed by atoms with E-state index in [0.717, 1.165) is 116 Å². The smallest absolute Gasteiger partial charge is 0.463 e. The molecule has 1 aliphatic carbocycles. The predicted molar refractivity (Wildman–Crippen MR) is 370 cm³/mol. The van der Waals surface area contributed by atoms with Crippen LogP contribution in [0.4, 0.5) is 0 Å². The van der Waals surface area contributed by atoms with E-state index < -0.39 is 156 Å².